The maximum Gasteiger partial charge on any atom is 0.163 e. The van der Waals surface area contributed by atoms with Gasteiger partial charge in [-0.25, -0.2) is 18.7 Å². The predicted octanol–water partition coefficient (Wildman–Crippen LogP) is 5.26. The van der Waals surface area contributed by atoms with Gasteiger partial charge in [0, 0.05) is 30.1 Å². The Balaban J connectivity index is 1.77. The molecule has 3 rings (SSSR count). The van der Waals surface area contributed by atoms with E-state index in [9.17, 15) is 8.78 Å². The molecule has 0 bridgehead atoms. The fourth-order valence-corrected chi connectivity index (χ4v) is 4.03. The van der Waals surface area contributed by atoms with Crippen molar-refractivity contribution in [3.63, 3.8) is 0 Å². The third-order valence-corrected chi connectivity index (χ3v) is 6.11. The van der Waals surface area contributed by atoms with Gasteiger partial charge in [0.25, 0.3) is 0 Å². The van der Waals surface area contributed by atoms with Crippen LogP contribution in [0.2, 0.25) is 0 Å². The van der Waals surface area contributed by atoms with Crippen LogP contribution in [0.1, 0.15) is 26.3 Å². The number of benzene rings is 2. The minimum atomic E-state index is -0.499. The Morgan fingerprint density at radius 1 is 1.09 bits per heavy atom. The highest BCUT2D eigenvalue weighted by Crippen LogP contribution is 2.28. The lowest BCUT2D eigenvalue weighted by Gasteiger charge is -2.19. The Kier molecular flexibility index (Phi) is 8.78. The van der Waals surface area contributed by atoms with Gasteiger partial charge in [-0.2, -0.15) is 0 Å². The van der Waals surface area contributed by atoms with Crippen LogP contribution in [0.5, 0.6) is 0 Å². The van der Waals surface area contributed by atoms with Crippen molar-refractivity contribution in [1.29, 1.82) is 5.41 Å². The number of nitrogens with one attached hydrogen (secondary N) is 3. The molecule has 180 valence electrons. The number of aromatic nitrogens is 2. The molecule has 0 atom stereocenters. The molecule has 0 radical (unpaired) electrons. The summed E-state index contributed by atoms with van der Waals surface area (Å²) in [4.78, 5) is 11.5. The zero-order chi connectivity index (χ0) is 24.7. The normalized spacial score (nSPS) is 11.0. The quantitative estimate of drug-likeness (QED) is 0.217. The third-order valence-electron chi connectivity index (χ3n) is 5.24. The van der Waals surface area contributed by atoms with Gasteiger partial charge in [0.2, 0.25) is 0 Å². The minimum absolute atomic E-state index is 0.165. The van der Waals surface area contributed by atoms with E-state index in [0.717, 1.165) is 55.3 Å². The lowest BCUT2D eigenvalue weighted by molar-refractivity contribution is 0.316. The van der Waals surface area contributed by atoms with Gasteiger partial charge in [-0.1, -0.05) is 13.8 Å². The number of nitrogens with zero attached hydrogens (tertiary/aromatic N) is 3. The van der Waals surface area contributed by atoms with Gasteiger partial charge in [-0.15, -0.1) is 0 Å². The molecule has 0 unspecified atom stereocenters. The molecule has 34 heavy (non-hydrogen) atoms. The summed E-state index contributed by atoms with van der Waals surface area (Å²) in [6.07, 6.45) is 0. The highest BCUT2D eigenvalue weighted by Gasteiger charge is 2.16. The summed E-state index contributed by atoms with van der Waals surface area (Å²) in [6.45, 7) is 9.30. The molecule has 5 N–H and O–H groups in total. The molecular weight excluding hydrogens is 456 g/mol. The molecule has 0 saturated heterocycles. The lowest BCUT2D eigenvalue weighted by Crippen LogP contribution is -2.29. The van der Waals surface area contributed by atoms with Gasteiger partial charge < -0.3 is 26.1 Å². The molecule has 0 fully saturated rings. The number of likely N-dealkylation sites (N-methyl/N-ethyl adjacent to an activating group) is 1. The van der Waals surface area contributed by atoms with E-state index >= 15 is 0 Å². The van der Waals surface area contributed by atoms with Crippen LogP contribution in [0.25, 0.3) is 11.4 Å². The Hall–Kier alpha value is -3.24. The van der Waals surface area contributed by atoms with Gasteiger partial charge in [-0.05, 0) is 74.4 Å². The fraction of sp³-hybridized carbons (Fsp3) is 0.292. The van der Waals surface area contributed by atoms with Gasteiger partial charge in [0.15, 0.2) is 5.82 Å². The molecule has 7 nitrogen and oxygen atoms in total. The molecule has 1 aromatic heterocycles. The number of hydrogen-bond acceptors (Lipinski definition) is 8. The number of nitrogen functional groups attached to an aromatic ring is 1. The van der Waals surface area contributed by atoms with Crippen LogP contribution in [0.4, 0.5) is 26.1 Å². The summed E-state index contributed by atoms with van der Waals surface area (Å²) >= 11 is 0.987. The summed E-state index contributed by atoms with van der Waals surface area (Å²) in [6, 6.07) is 10.5. The van der Waals surface area contributed by atoms with Crippen molar-refractivity contribution in [1.82, 2.24) is 14.9 Å². The average molecular weight is 486 g/mol. The van der Waals surface area contributed by atoms with E-state index in [1.807, 2.05) is 12.1 Å². The predicted molar refractivity (Wildman–Crippen MR) is 136 cm³/mol. The number of halogens is 2. The maximum absolute atomic E-state index is 13.8. The van der Waals surface area contributed by atoms with E-state index in [-0.39, 0.29) is 16.4 Å². The second-order valence-corrected chi connectivity index (χ2v) is 8.44. The molecule has 3 aromatic rings. The highest BCUT2D eigenvalue weighted by atomic mass is 32.2. The van der Waals surface area contributed by atoms with Crippen molar-refractivity contribution >= 4 is 35.0 Å². The van der Waals surface area contributed by atoms with Crippen LogP contribution < -0.4 is 15.8 Å². The Bertz CT molecular complexity index is 1130. The van der Waals surface area contributed by atoms with Crippen LogP contribution >= 0.6 is 11.9 Å². The molecule has 0 spiro atoms. The zero-order valence-corrected chi connectivity index (χ0v) is 20.3. The lowest BCUT2D eigenvalue weighted by atomic mass is 10.1. The van der Waals surface area contributed by atoms with E-state index in [1.54, 1.807) is 19.1 Å². The smallest absolute Gasteiger partial charge is 0.163 e. The molecule has 0 aliphatic carbocycles. The molecule has 10 heteroatoms. The van der Waals surface area contributed by atoms with E-state index in [4.69, 9.17) is 11.1 Å². The molecule has 1 heterocycles. The van der Waals surface area contributed by atoms with Gasteiger partial charge in [-0.3, -0.25) is 0 Å². The number of rotatable bonds is 11. The number of hydrogen-bond donors (Lipinski definition) is 4. The second kappa shape index (κ2) is 11.8. The summed E-state index contributed by atoms with van der Waals surface area (Å²) in [7, 11) is 0. The van der Waals surface area contributed by atoms with Crippen LogP contribution in [0.3, 0.4) is 0 Å². The van der Waals surface area contributed by atoms with Crippen LogP contribution in [-0.2, 0) is 0 Å². The van der Waals surface area contributed by atoms with Gasteiger partial charge in [0.1, 0.15) is 23.3 Å². The molecule has 0 amide bonds. The third kappa shape index (κ3) is 6.42. The summed E-state index contributed by atoms with van der Waals surface area (Å²) in [5, 5.41) is 11.4. The molecule has 2 aromatic carbocycles. The van der Waals surface area contributed by atoms with Crippen LogP contribution in [0, 0.1) is 17.0 Å². The SMILES string of the molecule is CCN(CC)CCNc1nc(-c2ccc(NSc3cc(F)ccc3F)cc2)nc(N)c1C(C)=N. The number of nitrogens with two attached hydrogens (primary N) is 1. The van der Waals surface area contributed by atoms with Crippen molar-refractivity contribution in [3.05, 3.63) is 59.7 Å². The van der Waals surface area contributed by atoms with Crippen molar-refractivity contribution in [2.24, 2.45) is 0 Å². The Morgan fingerprint density at radius 2 is 1.79 bits per heavy atom. The maximum atomic E-state index is 13.8. The fourth-order valence-electron chi connectivity index (χ4n) is 3.33. The van der Waals surface area contributed by atoms with E-state index in [0.29, 0.717) is 29.4 Å². The first kappa shape index (κ1) is 25.4. The van der Waals surface area contributed by atoms with Crippen molar-refractivity contribution in [3.8, 4) is 11.4 Å². The topological polar surface area (TPSA) is 103 Å². The second-order valence-electron chi connectivity index (χ2n) is 7.59. The van der Waals surface area contributed by atoms with E-state index in [2.05, 4.69) is 38.8 Å². The van der Waals surface area contributed by atoms with E-state index in [1.165, 1.54) is 0 Å². The first-order chi connectivity index (χ1) is 16.3. The minimum Gasteiger partial charge on any atom is -0.383 e. The first-order valence-electron chi connectivity index (χ1n) is 11.0. The van der Waals surface area contributed by atoms with Gasteiger partial charge in [0.05, 0.1) is 10.5 Å². The zero-order valence-electron chi connectivity index (χ0n) is 19.5. The highest BCUT2D eigenvalue weighted by molar-refractivity contribution is 8.00. The molecular formula is C24H29F2N7S. The summed E-state index contributed by atoms with van der Waals surface area (Å²) in [5.74, 6) is 0.204. The standard InChI is InChI=1S/C24H29F2N7S/c1-4-33(5-2)13-12-29-24-21(15(3)27)22(28)30-23(31-24)16-6-9-18(10-7-16)32-34-20-14-17(25)8-11-19(20)26/h6-11,14,27,32H,4-5,12-13H2,1-3H3,(H3,28,29,30,31). The average Bonchev–Trinajstić information content (AvgIpc) is 2.82. The summed E-state index contributed by atoms with van der Waals surface area (Å²) in [5.41, 5.74) is 8.41. The molecule has 0 saturated carbocycles. The van der Waals surface area contributed by atoms with Crippen molar-refractivity contribution in [2.45, 2.75) is 25.7 Å². The Labute approximate surface area is 202 Å². The first-order valence-corrected chi connectivity index (χ1v) is 11.8. The van der Waals surface area contributed by atoms with Gasteiger partial charge >= 0.3 is 0 Å². The van der Waals surface area contributed by atoms with Crippen molar-refractivity contribution in [2.75, 3.05) is 42.0 Å². The number of anilines is 3. The molecule has 0 aliphatic heterocycles. The Morgan fingerprint density at radius 3 is 2.44 bits per heavy atom. The van der Waals surface area contributed by atoms with Crippen molar-refractivity contribution < 1.29 is 8.78 Å². The van der Waals surface area contributed by atoms with Crippen LogP contribution in [-0.4, -0.2) is 46.8 Å². The monoisotopic (exact) mass is 485 g/mol. The van der Waals surface area contributed by atoms with E-state index < -0.39 is 11.6 Å². The van der Waals surface area contributed by atoms with Crippen LogP contribution in [0.15, 0.2) is 47.4 Å². The molecule has 0 aliphatic rings. The largest absolute Gasteiger partial charge is 0.383 e. The summed E-state index contributed by atoms with van der Waals surface area (Å²) < 4.78 is 30.2.